The maximum atomic E-state index is 12.4. The van der Waals surface area contributed by atoms with Crippen molar-refractivity contribution in [2.45, 2.75) is 18.4 Å². The lowest BCUT2D eigenvalue weighted by Gasteiger charge is -2.10. The average Bonchev–Trinajstić information content (AvgIpc) is 2.62. The molecule has 0 atom stereocenters. The summed E-state index contributed by atoms with van der Waals surface area (Å²) in [6, 6.07) is 23.4. The number of hydrogen-bond donors (Lipinski definition) is 1. The molecule has 3 rings (SSSR count). The van der Waals surface area contributed by atoms with Gasteiger partial charge in [0.2, 0.25) is 0 Å². The van der Waals surface area contributed by atoms with Crippen molar-refractivity contribution in [3.8, 4) is 5.75 Å². The number of sulfonamides is 1. The summed E-state index contributed by atoms with van der Waals surface area (Å²) in [6.07, 6.45) is 0. The molecule has 0 bridgehead atoms. The van der Waals surface area contributed by atoms with Crippen molar-refractivity contribution in [2.24, 2.45) is 0 Å². The van der Waals surface area contributed by atoms with Gasteiger partial charge in [-0.15, -0.1) is 0 Å². The van der Waals surface area contributed by atoms with Crippen LogP contribution in [0.5, 0.6) is 5.75 Å². The summed E-state index contributed by atoms with van der Waals surface area (Å²) < 4.78 is 33.0. The van der Waals surface area contributed by atoms with Crippen LogP contribution >= 0.6 is 0 Å². The fraction of sp³-hybridized carbons (Fsp3) is 0.100. The maximum absolute atomic E-state index is 12.4. The zero-order valence-corrected chi connectivity index (χ0v) is 14.7. The van der Waals surface area contributed by atoms with Gasteiger partial charge in [-0.05, 0) is 48.9 Å². The standard InChI is InChI=1S/C20H19NO3S/c1-16-7-13-20(14-8-16)25(22,23)21-18-11-9-17(10-12-18)15-24-19-5-3-2-4-6-19/h2-14,21H,15H2,1H3. The van der Waals surface area contributed by atoms with Crippen LogP contribution in [-0.4, -0.2) is 8.42 Å². The van der Waals surface area contributed by atoms with E-state index in [4.69, 9.17) is 4.74 Å². The number of benzene rings is 3. The van der Waals surface area contributed by atoms with E-state index in [0.717, 1.165) is 16.9 Å². The van der Waals surface area contributed by atoms with Crippen LogP contribution in [0.4, 0.5) is 5.69 Å². The molecule has 3 aromatic rings. The molecule has 1 N–H and O–H groups in total. The van der Waals surface area contributed by atoms with E-state index in [1.807, 2.05) is 49.4 Å². The Morgan fingerprint density at radius 3 is 2.12 bits per heavy atom. The van der Waals surface area contributed by atoms with Crippen LogP contribution in [0.25, 0.3) is 0 Å². The lowest BCUT2D eigenvalue weighted by atomic mass is 10.2. The van der Waals surface area contributed by atoms with Gasteiger partial charge < -0.3 is 4.74 Å². The van der Waals surface area contributed by atoms with Gasteiger partial charge in [0.15, 0.2) is 0 Å². The number of rotatable bonds is 6. The van der Waals surface area contributed by atoms with E-state index in [2.05, 4.69) is 4.72 Å². The monoisotopic (exact) mass is 353 g/mol. The molecule has 0 saturated carbocycles. The summed E-state index contributed by atoms with van der Waals surface area (Å²) >= 11 is 0. The molecule has 0 fully saturated rings. The van der Waals surface area contributed by atoms with E-state index in [9.17, 15) is 8.42 Å². The molecule has 0 aliphatic rings. The zero-order valence-electron chi connectivity index (χ0n) is 13.8. The topological polar surface area (TPSA) is 55.4 Å². The van der Waals surface area contributed by atoms with Crippen LogP contribution < -0.4 is 9.46 Å². The fourth-order valence-electron chi connectivity index (χ4n) is 2.28. The first-order valence-electron chi connectivity index (χ1n) is 7.89. The van der Waals surface area contributed by atoms with Crippen molar-refractivity contribution in [1.82, 2.24) is 0 Å². The highest BCUT2D eigenvalue weighted by atomic mass is 32.2. The minimum Gasteiger partial charge on any atom is -0.489 e. The molecule has 0 aliphatic carbocycles. The van der Waals surface area contributed by atoms with Crippen molar-refractivity contribution in [3.63, 3.8) is 0 Å². The van der Waals surface area contributed by atoms with Crippen molar-refractivity contribution in [1.29, 1.82) is 0 Å². The molecule has 0 spiro atoms. The molecule has 0 aromatic heterocycles. The minimum absolute atomic E-state index is 0.245. The molecule has 0 heterocycles. The SMILES string of the molecule is Cc1ccc(S(=O)(=O)Nc2ccc(COc3ccccc3)cc2)cc1. The lowest BCUT2D eigenvalue weighted by molar-refractivity contribution is 0.306. The van der Waals surface area contributed by atoms with Crippen LogP contribution in [0.1, 0.15) is 11.1 Å². The van der Waals surface area contributed by atoms with E-state index < -0.39 is 10.0 Å². The summed E-state index contributed by atoms with van der Waals surface area (Å²) in [5.74, 6) is 0.798. The van der Waals surface area contributed by atoms with Crippen molar-refractivity contribution in [3.05, 3.63) is 90.0 Å². The molecule has 128 valence electrons. The Bertz CT molecular complexity index is 919. The van der Waals surface area contributed by atoms with E-state index in [1.165, 1.54) is 0 Å². The number of nitrogens with one attached hydrogen (secondary N) is 1. The quantitative estimate of drug-likeness (QED) is 0.716. The Morgan fingerprint density at radius 2 is 1.48 bits per heavy atom. The van der Waals surface area contributed by atoms with Gasteiger partial charge in [-0.3, -0.25) is 4.72 Å². The Labute approximate surface area is 148 Å². The van der Waals surface area contributed by atoms with Gasteiger partial charge in [0.25, 0.3) is 10.0 Å². The Hall–Kier alpha value is -2.79. The summed E-state index contributed by atoms with van der Waals surface area (Å²) in [7, 11) is -3.58. The van der Waals surface area contributed by atoms with Crippen LogP contribution in [-0.2, 0) is 16.6 Å². The second-order valence-corrected chi connectivity index (χ2v) is 7.40. The van der Waals surface area contributed by atoms with Crippen molar-refractivity contribution < 1.29 is 13.2 Å². The summed E-state index contributed by atoms with van der Waals surface area (Å²) in [6.45, 7) is 2.34. The molecular formula is C20H19NO3S. The number of ether oxygens (including phenoxy) is 1. The third kappa shape index (κ3) is 4.61. The summed E-state index contributed by atoms with van der Waals surface area (Å²) in [5, 5.41) is 0. The predicted molar refractivity (Wildman–Crippen MR) is 99.2 cm³/mol. The number of para-hydroxylation sites is 1. The van der Waals surface area contributed by atoms with Crippen LogP contribution in [0.15, 0.2) is 83.8 Å². The van der Waals surface area contributed by atoms with Gasteiger partial charge in [0.1, 0.15) is 12.4 Å². The van der Waals surface area contributed by atoms with Crippen LogP contribution in [0, 0.1) is 6.92 Å². The third-order valence-electron chi connectivity index (χ3n) is 3.69. The van der Waals surface area contributed by atoms with E-state index in [-0.39, 0.29) is 4.90 Å². The maximum Gasteiger partial charge on any atom is 0.261 e. The Kier molecular flexibility index (Phi) is 5.05. The van der Waals surface area contributed by atoms with E-state index in [1.54, 1.807) is 36.4 Å². The molecule has 0 saturated heterocycles. The van der Waals surface area contributed by atoms with E-state index >= 15 is 0 Å². The van der Waals surface area contributed by atoms with Gasteiger partial charge in [-0.25, -0.2) is 8.42 Å². The molecule has 4 nitrogen and oxygen atoms in total. The Morgan fingerprint density at radius 1 is 0.840 bits per heavy atom. The molecule has 3 aromatic carbocycles. The first-order chi connectivity index (χ1) is 12.0. The van der Waals surface area contributed by atoms with Gasteiger partial charge in [-0.2, -0.15) is 0 Å². The fourth-order valence-corrected chi connectivity index (χ4v) is 3.34. The largest absolute Gasteiger partial charge is 0.489 e. The average molecular weight is 353 g/mol. The first kappa shape index (κ1) is 17.0. The molecule has 0 unspecified atom stereocenters. The highest BCUT2D eigenvalue weighted by molar-refractivity contribution is 7.92. The normalized spacial score (nSPS) is 11.1. The highest BCUT2D eigenvalue weighted by Gasteiger charge is 2.13. The number of anilines is 1. The predicted octanol–water partition coefficient (Wildman–Crippen LogP) is 4.37. The first-order valence-corrected chi connectivity index (χ1v) is 9.37. The van der Waals surface area contributed by atoms with E-state index in [0.29, 0.717) is 12.3 Å². The third-order valence-corrected chi connectivity index (χ3v) is 5.08. The molecule has 0 radical (unpaired) electrons. The second-order valence-electron chi connectivity index (χ2n) is 5.72. The smallest absolute Gasteiger partial charge is 0.261 e. The zero-order chi connectivity index (χ0) is 17.7. The van der Waals surface area contributed by atoms with Gasteiger partial charge in [0, 0.05) is 5.69 Å². The molecular weight excluding hydrogens is 334 g/mol. The molecule has 0 amide bonds. The minimum atomic E-state index is -3.58. The van der Waals surface area contributed by atoms with Crippen LogP contribution in [0.3, 0.4) is 0 Å². The second kappa shape index (κ2) is 7.40. The molecule has 25 heavy (non-hydrogen) atoms. The summed E-state index contributed by atoms with van der Waals surface area (Å²) in [5.41, 5.74) is 2.49. The van der Waals surface area contributed by atoms with Gasteiger partial charge >= 0.3 is 0 Å². The molecule has 5 heteroatoms. The number of hydrogen-bond acceptors (Lipinski definition) is 3. The van der Waals surface area contributed by atoms with Crippen LogP contribution in [0.2, 0.25) is 0 Å². The summed E-state index contributed by atoms with van der Waals surface area (Å²) in [4.78, 5) is 0.245. The lowest BCUT2D eigenvalue weighted by Crippen LogP contribution is -2.12. The van der Waals surface area contributed by atoms with Gasteiger partial charge in [-0.1, -0.05) is 48.0 Å². The van der Waals surface area contributed by atoms with Crippen molar-refractivity contribution in [2.75, 3.05) is 4.72 Å². The Balaban J connectivity index is 1.65. The highest BCUT2D eigenvalue weighted by Crippen LogP contribution is 2.18. The number of aryl methyl sites for hydroxylation is 1. The van der Waals surface area contributed by atoms with Gasteiger partial charge in [0.05, 0.1) is 4.90 Å². The molecule has 0 aliphatic heterocycles. The van der Waals surface area contributed by atoms with Crippen molar-refractivity contribution >= 4 is 15.7 Å².